The number of unbranched alkanes of at least 4 members (excludes halogenated alkanes) is 4. The molecule has 0 aromatic heterocycles. The van der Waals surface area contributed by atoms with Gasteiger partial charge in [-0.25, -0.2) is 0 Å². The molecule has 1 atom stereocenters. The second-order valence-electron chi connectivity index (χ2n) is 8.65. The number of nitrogens with zero attached hydrogens (tertiary/aromatic N) is 1. The van der Waals surface area contributed by atoms with Crippen LogP contribution in [-0.4, -0.2) is 48.8 Å². The van der Waals surface area contributed by atoms with E-state index in [2.05, 4.69) is 41.3 Å². The number of ether oxygens (including phenoxy) is 2. The molecular formula is C27H37NO4. The molecule has 1 saturated heterocycles. The number of carbonyl (C=O) groups is 1. The molecule has 0 saturated carbocycles. The van der Waals surface area contributed by atoms with Gasteiger partial charge in [0.1, 0.15) is 11.9 Å². The number of hydrogen-bond acceptors (Lipinski definition) is 4. The lowest BCUT2D eigenvalue weighted by atomic mass is 9.99. The van der Waals surface area contributed by atoms with Gasteiger partial charge in [0.05, 0.1) is 13.2 Å². The molecule has 0 aliphatic carbocycles. The third-order valence-corrected chi connectivity index (χ3v) is 6.25. The summed E-state index contributed by atoms with van der Waals surface area (Å²) in [6.07, 6.45) is 7.93. The molecule has 0 amide bonds. The normalized spacial score (nSPS) is 16.0. The molecule has 5 heteroatoms. The lowest BCUT2D eigenvalue weighted by Gasteiger charge is -2.34. The molecular weight excluding hydrogens is 402 g/mol. The van der Waals surface area contributed by atoms with Gasteiger partial charge in [0, 0.05) is 19.5 Å². The van der Waals surface area contributed by atoms with E-state index in [0.717, 1.165) is 63.1 Å². The standard InChI is InChI=1S/C27H37NO4/c1-31-24-15-13-23(14-16-24)27(22-10-6-5-7-11-22)32-25-17-20-28(21-18-25)19-9-4-2-3-8-12-26(29)30/h5-7,10-11,13-16,25,27H,2-4,8-9,12,17-21H2,1H3,(H,29,30). The third kappa shape index (κ3) is 7.95. The summed E-state index contributed by atoms with van der Waals surface area (Å²) in [4.78, 5) is 13.1. The van der Waals surface area contributed by atoms with Crippen LogP contribution in [-0.2, 0) is 9.53 Å². The van der Waals surface area contributed by atoms with E-state index in [1.54, 1.807) is 7.11 Å². The first kappa shape index (κ1) is 24.3. The van der Waals surface area contributed by atoms with Crippen LogP contribution in [0.15, 0.2) is 54.6 Å². The van der Waals surface area contributed by atoms with E-state index >= 15 is 0 Å². The molecule has 1 fully saturated rings. The fourth-order valence-corrected chi connectivity index (χ4v) is 4.36. The molecule has 0 spiro atoms. The molecule has 1 aliphatic rings. The molecule has 1 N–H and O–H groups in total. The predicted octanol–water partition coefficient (Wildman–Crippen LogP) is 5.69. The Labute approximate surface area is 192 Å². The van der Waals surface area contributed by atoms with E-state index < -0.39 is 5.97 Å². The number of piperidine rings is 1. The molecule has 1 unspecified atom stereocenters. The van der Waals surface area contributed by atoms with Crippen molar-refractivity contribution < 1.29 is 19.4 Å². The Morgan fingerprint density at radius 1 is 0.938 bits per heavy atom. The van der Waals surface area contributed by atoms with E-state index in [-0.39, 0.29) is 12.2 Å². The first-order valence-corrected chi connectivity index (χ1v) is 11.9. The van der Waals surface area contributed by atoms with E-state index in [1.807, 2.05) is 18.2 Å². The second kappa shape index (κ2) is 13.2. The second-order valence-corrected chi connectivity index (χ2v) is 8.65. The average Bonchev–Trinajstić information content (AvgIpc) is 2.83. The van der Waals surface area contributed by atoms with Crippen LogP contribution in [0.3, 0.4) is 0 Å². The lowest BCUT2D eigenvalue weighted by Crippen LogP contribution is -2.38. The number of carboxylic acids is 1. The highest BCUT2D eigenvalue weighted by Gasteiger charge is 2.24. The molecule has 2 aromatic rings. The summed E-state index contributed by atoms with van der Waals surface area (Å²) >= 11 is 0. The van der Waals surface area contributed by atoms with Crippen LogP contribution in [0.4, 0.5) is 0 Å². The minimum absolute atomic E-state index is 0.0653. The SMILES string of the molecule is COc1ccc(C(OC2CCN(CCCCCCCC(=O)O)CC2)c2ccccc2)cc1. The summed E-state index contributed by atoms with van der Waals surface area (Å²) in [5.74, 6) is 0.173. The summed E-state index contributed by atoms with van der Waals surface area (Å²) in [6, 6.07) is 18.7. The van der Waals surface area contributed by atoms with Crippen molar-refractivity contribution in [3.05, 3.63) is 65.7 Å². The van der Waals surface area contributed by atoms with Crippen molar-refractivity contribution >= 4 is 5.97 Å². The van der Waals surface area contributed by atoms with Gasteiger partial charge < -0.3 is 19.5 Å². The first-order valence-electron chi connectivity index (χ1n) is 11.9. The zero-order chi connectivity index (χ0) is 22.6. The third-order valence-electron chi connectivity index (χ3n) is 6.25. The van der Waals surface area contributed by atoms with Gasteiger partial charge in [0.2, 0.25) is 0 Å². The molecule has 5 nitrogen and oxygen atoms in total. The van der Waals surface area contributed by atoms with Crippen molar-refractivity contribution in [3.63, 3.8) is 0 Å². The van der Waals surface area contributed by atoms with Crippen molar-refractivity contribution in [1.82, 2.24) is 4.90 Å². The maximum atomic E-state index is 10.6. The van der Waals surface area contributed by atoms with Crippen molar-refractivity contribution in [2.24, 2.45) is 0 Å². The molecule has 174 valence electrons. The highest BCUT2D eigenvalue weighted by atomic mass is 16.5. The summed E-state index contributed by atoms with van der Waals surface area (Å²) in [5, 5.41) is 8.69. The van der Waals surface area contributed by atoms with Gasteiger partial charge in [-0.05, 0) is 55.5 Å². The average molecular weight is 440 g/mol. The zero-order valence-electron chi connectivity index (χ0n) is 19.2. The van der Waals surface area contributed by atoms with E-state index in [1.165, 1.54) is 18.4 Å². The largest absolute Gasteiger partial charge is 0.497 e. The van der Waals surface area contributed by atoms with Gasteiger partial charge in [0.25, 0.3) is 0 Å². The monoisotopic (exact) mass is 439 g/mol. The first-order chi connectivity index (χ1) is 15.7. The number of hydrogen-bond donors (Lipinski definition) is 1. The van der Waals surface area contributed by atoms with Gasteiger partial charge >= 0.3 is 5.97 Å². The fourth-order valence-electron chi connectivity index (χ4n) is 4.36. The van der Waals surface area contributed by atoms with Gasteiger partial charge in [-0.3, -0.25) is 4.79 Å². The summed E-state index contributed by atoms with van der Waals surface area (Å²) in [6.45, 7) is 3.29. The number of likely N-dealkylation sites (tertiary alicyclic amines) is 1. The summed E-state index contributed by atoms with van der Waals surface area (Å²) < 4.78 is 12.0. The number of aliphatic carboxylic acids is 1. The Hall–Kier alpha value is -2.37. The van der Waals surface area contributed by atoms with Crippen LogP contribution in [0.25, 0.3) is 0 Å². The van der Waals surface area contributed by atoms with Gasteiger partial charge in [-0.1, -0.05) is 61.7 Å². The number of rotatable bonds is 13. The molecule has 2 aromatic carbocycles. The van der Waals surface area contributed by atoms with Crippen LogP contribution in [0.2, 0.25) is 0 Å². The minimum Gasteiger partial charge on any atom is -0.497 e. The molecule has 0 radical (unpaired) electrons. The number of benzene rings is 2. The Kier molecular flexibility index (Phi) is 10.0. The zero-order valence-corrected chi connectivity index (χ0v) is 19.2. The molecule has 32 heavy (non-hydrogen) atoms. The van der Waals surface area contributed by atoms with Gasteiger partial charge in [-0.15, -0.1) is 0 Å². The predicted molar refractivity (Wildman–Crippen MR) is 127 cm³/mol. The van der Waals surface area contributed by atoms with Crippen molar-refractivity contribution in [3.8, 4) is 5.75 Å². The quantitative estimate of drug-likeness (QED) is 0.406. The Morgan fingerprint density at radius 2 is 1.56 bits per heavy atom. The van der Waals surface area contributed by atoms with Crippen molar-refractivity contribution in [2.45, 2.75) is 63.6 Å². The fraction of sp³-hybridized carbons (Fsp3) is 0.519. The van der Waals surface area contributed by atoms with Crippen LogP contribution in [0.1, 0.15) is 68.6 Å². The Morgan fingerprint density at radius 3 is 2.22 bits per heavy atom. The smallest absolute Gasteiger partial charge is 0.303 e. The van der Waals surface area contributed by atoms with E-state index in [0.29, 0.717) is 6.42 Å². The maximum Gasteiger partial charge on any atom is 0.303 e. The highest BCUT2D eigenvalue weighted by molar-refractivity contribution is 5.66. The summed E-state index contributed by atoms with van der Waals surface area (Å²) in [5.41, 5.74) is 2.34. The van der Waals surface area contributed by atoms with Gasteiger partial charge in [-0.2, -0.15) is 0 Å². The highest BCUT2D eigenvalue weighted by Crippen LogP contribution is 2.31. The van der Waals surface area contributed by atoms with Crippen molar-refractivity contribution in [1.29, 1.82) is 0 Å². The topological polar surface area (TPSA) is 59.0 Å². The molecule has 1 heterocycles. The van der Waals surface area contributed by atoms with E-state index in [9.17, 15) is 4.79 Å². The van der Waals surface area contributed by atoms with E-state index in [4.69, 9.17) is 14.6 Å². The van der Waals surface area contributed by atoms with Gasteiger partial charge in [0.15, 0.2) is 0 Å². The van der Waals surface area contributed by atoms with Crippen molar-refractivity contribution in [2.75, 3.05) is 26.7 Å². The lowest BCUT2D eigenvalue weighted by molar-refractivity contribution is -0.137. The molecule has 3 rings (SSSR count). The minimum atomic E-state index is -0.684. The summed E-state index contributed by atoms with van der Waals surface area (Å²) in [7, 11) is 1.69. The van der Waals surface area contributed by atoms with Crippen LogP contribution in [0, 0.1) is 0 Å². The Balaban J connectivity index is 1.44. The molecule has 1 aliphatic heterocycles. The Bertz CT molecular complexity index is 785. The van der Waals surface area contributed by atoms with Crippen LogP contribution < -0.4 is 4.74 Å². The maximum absolute atomic E-state index is 10.6. The molecule has 0 bridgehead atoms. The number of carboxylic acid groups (broad SMARTS) is 1. The number of methoxy groups -OCH3 is 1. The van der Waals surface area contributed by atoms with Crippen LogP contribution >= 0.6 is 0 Å². The van der Waals surface area contributed by atoms with Crippen LogP contribution in [0.5, 0.6) is 5.75 Å².